The smallest absolute Gasteiger partial charge is 0.223 e. The lowest BCUT2D eigenvalue weighted by molar-refractivity contribution is -0.134. The van der Waals surface area contributed by atoms with Crippen LogP contribution in [-0.2, 0) is 4.79 Å². The van der Waals surface area contributed by atoms with E-state index in [0.29, 0.717) is 31.8 Å². The number of alkyl halides is 1. The number of aromatic nitrogens is 3. The lowest BCUT2D eigenvalue weighted by Gasteiger charge is -2.36. The minimum Gasteiger partial charge on any atom is -0.365 e. The normalized spacial score (nSPS) is 20.4. The number of piperidine rings is 1. The Morgan fingerprint density at radius 2 is 2.32 bits per heavy atom. The molecule has 0 aromatic carbocycles. The summed E-state index contributed by atoms with van der Waals surface area (Å²) in [5.41, 5.74) is 1.45. The highest BCUT2D eigenvalue weighted by atomic mass is 35.5. The van der Waals surface area contributed by atoms with Crippen LogP contribution in [0.2, 0.25) is 0 Å². The lowest BCUT2D eigenvalue weighted by Crippen LogP contribution is -2.47. The highest BCUT2D eigenvalue weighted by molar-refractivity contribution is 6.24. The zero-order valence-electron chi connectivity index (χ0n) is 17.3. The first-order chi connectivity index (χ1) is 15.1. The van der Waals surface area contributed by atoms with E-state index in [4.69, 9.17) is 11.6 Å². The average Bonchev–Trinajstić information content (AvgIpc) is 3.20. The number of nitrogens with zero attached hydrogens (tertiary/aromatic N) is 4. The number of allylic oxidation sites excluding steroid dienone is 1. The predicted molar refractivity (Wildman–Crippen MR) is 119 cm³/mol. The maximum atomic E-state index is 14.5. The second kappa shape index (κ2) is 9.60. The van der Waals surface area contributed by atoms with Crippen molar-refractivity contribution in [1.82, 2.24) is 19.9 Å². The molecule has 0 bridgehead atoms. The van der Waals surface area contributed by atoms with Gasteiger partial charge in [-0.2, -0.15) is 0 Å². The molecule has 0 saturated carbocycles. The van der Waals surface area contributed by atoms with Crippen molar-refractivity contribution in [1.29, 1.82) is 0 Å². The number of amides is 1. The predicted octanol–water partition coefficient (Wildman–Crippen LogP) is 2.39. The molecule has 2 aliphatic rings. The summed E-state index contributed by atoms with van der Waals surface area (Å²) in [4.78, 5) is 30.5. The highest BCUT2D eigenvalue weighted by Crippen LogP contribution is 2.21. The third-order valence-corrected chi connectivity index (χ3v) is 5.93. The van der Waals surface area contributed by atoms with Gasteiger partial charge in [0.05, 0.1) is 18.1 Å². The van der Waals surface area contributed by atoms with Crippen LogP contribution in [0.1, 0.15) is 32.1 Å². The van der Waals surface area contributed by atoms with Gasteiger partial charge in [0.1, 0.15) is 5.49 Å². The third kappa shape index (κ3) is 4.79. The van der Waals surface area contributed by atoms with Crippen LogP contribution < -0.4 is 16.0 Å². The van der Waals surface area contributed by atoms with Crippen LogP contribution in [0.4, 0.5) is 10.2 Å². The van der Waals surface area contributed by atoms with Crippen LogP contribution in [0.25, 0.3) is 17.5 Å². The standard InChI is InChI=1S/C22H26ClFN6O/c1-2-3-7-19(31)30-8-5-4-6-15(30)11-26-22-18(24)13-28-21(29-22)17-12-27-20-16(17)9-14(23)10-25-20/h2,9,12-15H,1,3-8,10-11H2,(H,25,27)(H,26,28,29)/t14?,15-/m1/s1. The van der Waals surface area contributed by atoms with E-state index in [1.54, 1.807) is 12.3 Å². The van der Waals surface area contributed by atoms with Gasteiger partial charge in [-0.3, -0.25) is 9.79 Å². The number of nitrogens with one attached hydrogen (secondary N) is 2. The first-order valence-corrected chi connectivity index (χ1v) is 11.1. The van der Waals surface area contributed by atoms with Crippen LogP contribution in [0.3, 0.4) is 0 Å². The molecule has 9 heteroatoms. The van der Waals surface area contributed by atoms with E-state index in [1.165, 1.54) is 0 Å². The second-order valence-corrected chi connectivity index (χ2v) is 8.38. The van der Waals surface area contributed by atoms with Gasteiger partial charge in [-0.1, -0.05) is 12.2 Å². The van der Waals surface area contributed by atoms with E-state index >= 15 is 0 Å². The summed E-state index contributed by atoms with van der Waals surface area (Å²) in [5.74, 6) is 0.0989. The molecular formula is C22H26ClFN6O. The molecule has 31 heavy (non-hydrogen) atoms. The van der Waals surface area contributed by atoms with Crippen molar-refractivity contribution in [2.24, 2.45) is 4.99 Å². The van der Waals surface area contributed by atoms with Crippen molar-refractivity contribution in [2.75, 3.05) is 25.0 Å². The largest absolute Gasteiger partial charge is 0.365 e. The summed E-state index contributed by atoms with van der Waals surface area (Å²) >= 11 is 6.21. The molecule has 0 aliphatic carbocycles. The zero-order valence-corrected chi connectivity index (χ0v) is 18.0. The Hall–Kier alpha value is -2.74. The van der Waals surface area contributed by atoms with Crippen LogP contribution in [0, 0.1) is 5.82 Å². The fraction of sp³-hybridized carbons (Fsp3) is 0.455. The Morgan fingerprint density at radius 3 is 3.16 bits per heavy atom. The van der Waals surface area contributed by atoms with E-state index in [1.807, 2.05) is 11.0 Å². The van der Waals surface area contributed by atoms with Crippen LogP contribution >= 0.6 is 11.6 Å². The monoisotopic (exact) mass is 444 g/mol. The number of likely N-dealkylation sites (tertiary alicyclic amines) is 1. The summed E-state index contributed by atoms with van der Waals surface area (Å²) in [7, 11) is 0. The molecule has 2 N–H and O–H groups in total. The highest BCUT2D eigenvalue weighted by Gasteiger charge is 2.26. The molecule has 1 unspecified atom stereocenters. The number of hydrogen-bond donors (Lipinski definition) is 2. The molecule has 4 heterocycles. The zero-order chi connectivity index (χ0) is 21.8. The van der Waals surface area contributed by atoms with E-state index in [0.717, 1.165) is 48.3 Å². The van der Waals surface area contributed by atoms with Gasteiger partial charge in [0.2, 0.25) is 5.91 Å². The van der Waals surface area contributed by atoms with E-state index < -0.39 is 5.82 Å². The fourth-order valence-corrected chi connectivity index (χ4v) is 4.26. The number of anilines is 1. The summed E-state index contributed by atoms with van der Waals surface area (Å²) < 4.78 is 14.5. The molecule has 0 radical (unpaired) electrons. The number of rotatable bonds is 7. The summed E-state index contributed by atoms with van der Waals surface area (Å²) in [5, 5.41) is 3.74. The third-order valence-electron chi connectivity index (χ3n) is 5.67. The van der Waals surface area contributed by atoms with Gasteiger partial charge in [-0.05, 0) is 25.7 Å². The SMILES string of the molecule is C=CCCC(=O)N1CCCC[C@@H]1CNc1nc(-c2c[nH]c3c2=CC(Cl)CN=3)ncc1F. The number of halogens is 2. The van der Waals surface area contributed by atoms with Crippen LogP contribution in [0.5, 0.6) is 0 Å². The summed E-state index contributed by atoms with van der Waals surface area (Å²) in [6.45, 7) is 5.36. The fourth-order valence-electron chi connectivity index (χ4n) is 4.07. The maximum Gasteiger partial charge on any atom is 0.223 e. The molecule has 2 aliphatic heterocycles. The first kappa shape index (κ1) is 21.5. The number of H-pyrrole nitrogens is 1. The van der Waals surface area contributed by atoms with Gasteiger partial charge in [0.25, 0.3) is 0 Å². The van der Waals surface area contributed by atoms with E-state index in [9.17, 15) is 9.18 Å². The topological polar surface area (TPSA) is 86.3 Å². The molecule has 164 valence electrons. The Labute approximate surface area is 185 Å². The molecule has 2 aromatic rings. The molecule has 1 fully saturated rings. The van der Waals surface area contributed by atoms with E-state index in [-0.39, 0.29) is 23.1 Å². The van der Waals surface area contributed by atoms with Gasteiger partial charge in [-0.15, -0.1) is 18.2 Å². The number of aromatic amines is 1. The Balaban J connectivity index is 1.52. The van der Waals surface area contributed by atoms with Crippen LogP contribution in [-0.4, -0.2) is 56.8 Å². The van der Waals surface area contributed by atoms with Gasteiger partial charge >= 0.3 is 0 Å². The Morgan fingerprint density at radius 1 is 1.45 bits per heavy atom. The second-order valence-electron chi connectivity index (χ2n) is 7.82. The first-order valence-electron chi connectivity index (χ1n) is 10.6. The summed E-state index contributed by atoms with van der Waals surface area (Å²) in [6.07, 6.45) is 10.6. The molecule has 7 nitrogen and oxygen atoms in total. The van der Waals surface area contributed by atoms with Gasteiger partial charge in [-0.25, -0.2) is 14.4 Å². The molecule has 4 rings (SSSR count). The van der Waals surface area contributed by atoms with Crippen molar-refractivity contribution in [3.05, 3.63) is 41.6 Å². The van der Waals surface area contributed by atoms with Crippen molar-refractivity contribution < 1.29 is 9.18 Å². The minimum atomic E-state index is -0.530. The van der Waals surface area contributed by atoms with Gasteiger partial charge < -0.3 is 15.2 Å². The van der Waals surface area contributed by atoms with Gasteiger partial charge in [0.15, 0.2) is 17.5 Å². The molecule has 1 saturated heterocycles. The number of carbonyl (C=O) groups is 1. The van der Waals surface area contributed by atoms with Crippen molar-refractivity contribution in [2.45, 2.75) is 43.5 Å². The maximum absolute atomic E-state index is 14.5. The van der Waals surface area contributed by atoms with Crippen molar-refractivity contribution in [3.8, 4) is 11.4 Å². The molecule has 0 spiro atoms. The number of hydrogen-bond acceptors (Lipinski definition) is 5. The molecule has 2 aromatic heterocycles. The summed E-state index contributed by atoms with van der Waals surface area (Å²) in [6, 6.07) is 0.00744. The Bertz CT molecular complexity index is 1080. The molecule has 2 atom stereocenters. The van der Waals surface area contributed by atoms with E-state index in [2.05, 4.69) is 31.8 Å². The number of fused-ring (bicyclic) bond motifs is 1. The quantitative estimate of drug-likeness (QED) is 0.507. The van der Waals surface area contributed by atoms with Crippen molar-refractivity contribution >= 4 is 29.4 Å². The molecular weight excluding hydrogens is 419 g/mol. The van der Waals surface area contributed by atoms with Gasteiger partial charge in [0, 0.05) is 42.5 Å². The Kier molecular flexibility index (Phi) is 6.65. The number of carbonyl (C=O) groups excluding carboxylic acids is 1. The molecule has 1 amide bonds. The average molecular weight is 445 g/mol. The van der Waals surface area contributed by atoms with Crippen LogP contribution in [0.15, 0.2) is 30.0 Å². The minimum absolute atomic E-state index is 0.00744. The van der Waals surface area contributed by atoms with Crippen molar-refractivity contribution in [3.63, 3.8) is 0 Å². The lowest BCUT2D eigenvalue weighted by atomic mass is 10.0.